The van der Waals surface area contributed by atoms with Gasteiger partial charge in [0.15, 0.2) is 0 Å². The molecule has 0 atom stereocenters. The highest BCUT2D eigenvalue weighted by Crippen LogP contribution is 2.21. The third-order valence-electron chi connectivity index (χ3n) is 5.55. The van der Waals surface area contributed by atoms with Crippen molar-refractivity contribution in [3.05, 3.63) is 88.6 Å². The minimum Gasteiger partial charge on any atom is -0.339 e. The molecule has 3 aromatic rings. The Morgan fingerprint density at radius 3 is 2.15 bits per heavy atom. The highest BCUT2D eigenvalue weighted by molar-refractivity contribution is 7.12. The van der Waals surface area contributed by atoms with E-state index in [0.29, 0.717) is 42.2 Å². The van der Waals surface area contributed by atoms with Crippen molar-refractivity contribution in [3.63, 3.8) is 0 Å². The molecule has 0 spiro atoms. The lowest BCUT2D eigenvalue weighted by Crippen LogP contribution is -2.40. The van der Waals surface area contributed by atoms with Gasteiger partial charge in [-0.3, -0.25) is 14.4 Å². The largest absolute Gasteiger partial charge is 0.339 e. The van der Waals surface area contributed by atoms with Crippen LogP contribution in [0, 0.1) is 5.92 Å². The molecule has 168 valence electrons. The van der Waals surface area contributed by atoms with E-state index in [0.717, 1.165) is 5.56 Å². The Morgan fingerprint density at radius 1 is 0.848 bits per heavy atom. The molecule has 3 amide bonds. The van der Waals surface area contributed by atoms with Gasteiger partial charge < -0.3 is 15.5 Å². The first-order chi connectivity index (χ1) is 16.1. The highest BCUT2D eigenvalue weighted by atomic mass is 32.1. The highest BCUT2D eigenvalue weighted by Gasteiger charge is 2.26. The van der Waals surface area contributed by atoms with Crippen LogP contribution in [0.4, 0.5) is 11.4 Å². The van der Waals surface area contributed by atoms with Crippen molar-refractivity contribution in [1.29, 1.82) is 0 Å². The van der Waals surface area contributed by atoms with Crippen molar-refractivity contribution in [1.82, 2.24) is 4.90 Å². The maximum Gasteiger partial charge on any atom is 0.265 e. The van der Waals surface area contributed by atoms with Crippen LogP contribution in [0.3, 0.4) is 0 Å². The van der Waals surface area contributed by atoms with Gasteiger partial charge in [0.05, 0.1) is 4.88 Å². The topological polar surface area (TPSA) is 78.5 Å². The Labute approximate surface area is 196 Å². The normalized spacial score (nSPS) is 14.2. The van der Waals surface area contributed by atoms with Gasteiger partial charge in [0, 0.05) is 36.5 Å². The van der Waals surface area contributed by atoms with Crippen molar-refractivity contribution < 1.29 is 14.4 Å². The van der Waals surface area contributed by atoms with Crippen LogP contribution < -0.4 is 10.6 Å². The molecule has 1 saturated heterocycles. The van der Waals surface area contributed by atoms with Crippen LogP contribution in [-0.4, -0.2) is 35.7 Å². The van der Waals surface area contributed by atoms with Gasteiger partial charge in [0.25, 0.3) is 5.91 Å². The van der Waals surface area contributed by atoms with Gasteiger partial charge in [-0.15, -0.1) is 11.3 Å². The number of carbonyl (C=O) groups is 3. The van der Waals surface area contributed by atoms with Crippen LogP contribution in [0.15, 0.2) is 78.2 Å². The Kier molecular flexibility index (Phi) is 7.32. The molecule has 1 aromatic heterocycles. The minimum absolute atomic E-state index is 0.0297. The molecule has 1 aliphatic rings. The first-order valence-corrected chi connectivity index (χ1v) is 11.7. The maximum atomic E-state index is 12.7. The second-order valence-electron chi connectivity index (χ2n) is 7.84. The van der Waals surface area contributed by atoms with E-state index in [-0.39, 0.29) is 23.6 Å². The van der Waals surface area contributed by atoms with Crippen molar-refractivity contribution in [2.45, 2.75) is 12.8 Å². The standard InChI is InChI=1S/C26H25N3O3S/c30-24(13-8-19-5-2-1-3-6-19)29-16-14-20(15-17-29)25(31)27-21-9-11-22(12-10-21)28-26(32)23-7-4-18-33-23/h1-13,18,20H,14-17H2,(H,27,31)(H,28,32)/b13-8+. The molecule has 2 N–H and O–H groups in total. The van der Waals surface area contributed by atoms with Gasteiger partial charge in [0.2, 0.25) is 11.8 Å². The summed E-state index contributed by atoms with van der Waals surface area (Å²) in [4.78, 5) is 39.7. The number of likely N-dealkylation sites (tertiary alicyclic amines) is 1. The molecule has 6 nitrogen and oxygen atoms in total. The number of nitrogens with zero attached hydrogens (tertiary/aromatic N) is 1. The summed E-state index contributed by atoms with van der Waals surface area (Å²) >= 11 is 1.38. The van der Waals surface area contributed by atoms with E-state index in [1.54, 1.807) is 41.3 Å². The quantitative estimate of drug-likeness (QED) is 0.515. The Balaban J connectivity index is 1.24. The number of nitrogens with one attached hydrogen (secondary N) is 2. The van der Waals surface area contributed by atoms with Crippen LogP contribution in [0.5, 0.6) is 0 Å². The molecule has 0 radical (unpaired) electrons. The number of hydrogen-bond donors (Lipinski definition) is 2. The van der Waals surface area contributed by atoms with Crippen molar-refractivity contribution in [3.8, 4) is 0 Å². The van der Waals surface area contributed by atoms with Crippen LogP contribution in [0.2, 0.25) is 0 Å². The number of rotatable bonds is 6. The Bertz CT molecular complexity index is 1120. The fourth-order valence-electron chi connectivity index (χ4n) is 3.68. The SMILES string of the molecule is O=C(Nc1ccc(NC(=O)C2CCN(C(=O)/C=C/c3ccccc3)CC2)cc1)c1cccs1. The molecule has 0 unspecified atom stereocenters. The molecule has 2 heterocycles. The predicted octanol–water partition coefficient (Wildman–Crippen LogP) is 4.89. The smallest absolute Gasteiger partial charge is 0.265 e. The van der Waals surface area contributed by atoms with Gasteiger partial charge in [0.1, 0.15) is 0 Å². The lowest BCUT2D eigenvalue weighted by Gasteiger charge is -2.30. The van der Waals surface area contributed by atoms with Crippen LogP contribution >= 0.6 is 11.3 Å². The number of amides is 3. The third kappa shape index (κ3) is 6.17. The molecular formula is C26H25N3O3S. The van der Waals surface area contributed by atoms with E-state index in [2.05, 4.69) is 10.6 Å². The summed E-state index contributed by atoms with van der Waals surface area (Å²) in [5.41, 5.74) is 2.33. The second-order valence-corrected chi connectivity index (χ2v) is 8.79. The first kappa shape index (κ1) is 22.5. The van der Waals surface area contributed by atoms with Crippen LogP contribution in [-0.2, 0) is 9.59 Å². The fraction of sp³-hybridized carbons (Fsp3) is 0.192. The molecular weight excluding hydrogens is 434 g/mol. The zero-order valence-electron chi connectivity index (χ0n) is 18.1. The molecule has 7 heteroatoms. The van der Waals surface area contributed by atoms with Gasteiger partial charge in [-0.2, -0.15) is 0 Å². The summed E-state index contributed by atoms with van der Waals surface area (Å²) in [6, 6.07) is 20.4. The van der Waals surface area contributed by atoms with Crippen molar-refractivity contribution in [2.75, 3.05) is 23.7 Å². The third-order valence-corrected chi connectivity index (χ3v) is 6.42. The molecule has 4 rings (SSSR count). The molecule has 0 saturated carbocycles. The number of anilines is 2. The van der Waals surface area contributed by atoms with E-state index >= 15 is 0 Å². The van der Waals surface area contributed by atoms with E-state index in [4.69, 9.17) is 0 Å². The van der Waals surface area contributed by atoms with E-state index < -0.39 is 0 Å². The number of thiophene rings is 1. The summed E-state index contributed by atoms with van der Waals surface area (Å²) in [7, 11) is 0. The van der Waals surface area contributed by atoms with E-state index in [1.807, 2.05) is 47.9 Å². The monoisotopic (exact) mass is 459 g/mol. The summed E-state index contributed by atoms with van der Waals surface area (Å²) in [6.45, 7) is 1.12. The maximum absolute atomic E-state index is 12.7. The van der Waals surface area contributed by atoms with Crippen LogP contribution in [0.1, 0.15) is 28.1 Å². The molecule has 1 aliphatic heterocycles. The van der Waals surface area contributed by atoms with Gasteiger partial charge in [-0.25, -0.2) is 0 Å². The number of hydrogen-bond acceptors (Lipinski definition) is 4. The predicted molar refractivity (Wildman–Crippen MR) is 132 cm³/mol. The zero-order chi connectivity index (χ0) is 23.0. The van der Waals surface area contributed by atoms with E-state index in [9.17, 15) is 14.4 Å². The average molecular weight is 460 g/mol. The molecule has 1 fully saturated rings. The summed E-state index contributed by atoms with van der Waals surface area (Å²) in [5.74, 6) is -0.359. The molecule has 0 bridgehead atoms. The number of benzene rings is 2. The molecule has 0 aliphatic carbocycles. The van der Waals surface area contributed by atoms with Gasteiger partial charge in [-0.05, 0) is 60.2 Å². The molecule has 2 aromatic carbocycles. The van der Waals surface area contributed by atoms with Gasteiger partial charge in [-0.1, -0.05) is 36.4 Å². The minimum atomic E-state index is -0.151. The fourth-order valence-corrected chi connectivity index (χ4v) is 4.30. The Hall–Kier alpha value is -3.71. The first-order valence-electron chi connectivity index (χ1n) is 10.9. The summed E-state index contributed by atoms with van der Waals surface area (Å²) in [5, 5.41) is 7.64. The lowest BCUT2D eigenvalue weighted by molar-refractivity contribution is -0.130. The summed E-state index contributed by atoms with van der Waals surface area (Å²) < 4.78 is 0. The lowest BCUT2D eigenvalue weighted by atomic mass is 9.95. The summed E-state index contributed by atoms with van der Waals surface area (Å²) in [6.07, 6.45) is 4.67. The number of piperidine rings is 1. The van der Waals surface area contributed by atoms with Crippen molar-refractivity contribution >= 4 is 46.5 Å². The van der Waals surface area contributed by atoms with Gasteiger partial charge >= 0.3 is 0 Å². The van der Waals surface area contributed by atoms with Crippen molar-refractivity contribution in [2.24, 2.45) is 5.92 Å². The molecule has 33 heavy (non-hydrogen) atoms. The Morgan fingerprint density at radius 2 is 1.52 bits per heavy atom. The second kappa shape index (κ2) is 10.7. The van der Waals surface area contributed by atoms with E-state index in [1.165, 1.54) is 11.3 Å². The van der Waals surface area contributed by atoms with Crippen LogP contribution in [0.25, 0.3) is 6.08 Å². The zero-order valence-corrected chi connectivity index (χ0v) is 18.9. The number of carbonyl (C=O) groups excluding carboxylic acids is 3. The average Bonchev–Trinajstić information content (AvgIpc) is 3.40.